The second-order valence-corrected chi connectivity index (χ2v) is 5.84. The normalized spacial score (nSPS) is 12.3. The summed E-state index contributed by atoms with van der Waals surface area (Å²) in [5.41, 5.74) is 1.69. The molecule has 19 heavy (non-hydrogen) atoms. The van der Waals surface area contributed by atoms with Gasteiger partial charge in [-0.05, 0) is 58.7 Å². The lowest BCUT2D eigenvalue weighted by Crippen LogP contribution is -2.06. The molecule has 1 unspecified atom stereocenters. The van der Waals surface area contributed by atoms with Gasteiger partial charge in [0.2, 0.25) is 0 Å². The van der Waals surface area contributed by atoms with E-state index in [0.717, 1.165) is 15.7 Å². The second kappa shape index (κ2) is 6.12. The van der Waals surface area contributed by atoms with E-state index in [0.29, 0.717) is 5.02 Å². The van der Waals surface area contributed by atoms with Crippen LogP contribution in [0.3, 0.4) is 0 Å². The highest BCUT2D eigenvalue weighted by molar-refractivity contribution is 9.10. The van der Waals surface area contributed by atoms with Crippen molar-refractivity contribution in [3.8, 4) is 0 Å². The smallest absolute Gasteiger partial charge is 0.142 e. The Morgan fingerprint density at radius 1 is 1.11 bits per heavy atom. The predicted molar refractivity (Wildman–Crippen MR) is 82.6 cm³/mol. The van der Waals surface area contributed by atoms with Gasteiger partial charge in [-0.25, -0.2) is 4.39 Å². The summed E-state index contributed by atoms with van der Waals surface area (Å²) in [6.07, 6.45) is 0. The second-order valence-electron chi connectivity index (χ2n) is 4.17. The number of anilines is 1. The summed E-state index contributed by atoms with van der Waals surface area (Å²) in [6.45, 7) is 1.94. The zero-order valence-electron chi connectivity index (χ0n) is 10.1. The maximum Gasteiger partial charge on any atom is 0.142 e. The summed E-state index contributed by atoms with van der Waals surface area (Å²) in [5, 5.41) is 4.01. The fourth-order valence-electron chi connectivity index (χ4n) is 1.70. The molecule has 0 aliphatic carbocycles. The van der Waals surface area contributed by atoms with Crippen molar-refractivity contribution in [3.05, 3.63) is 62.3 Å². The molecule has 0 radical (unpaired) electrons. The van der Waals surface area contributed by atoms with E-state index >= 15 is 0 Å². The van der Waals surface area contributed by atoms with Crippen molar-refractivity contribution in [2.24, 2.45) is 0 Å². The van der Waals surface area contributed by atoms with Crippen molar-refractivity contribution in [1.29, 1.82) is 0 Å². The molecule has 0 fully saturated rings. The van der Waals surface area contributed by atoms with Crippen molar-refractivity contribution in [1.82, 2.24) is 0 Å². The van der Waals surface area contributed by atoms with Crippen LogP contribution in [0.4, 0.5) is 10.1 Å². The van der Waals surface area contributed by atoms with Gasteiger partial charge in [-0.1, -0.05) is 29.3 Å². The molecule has 0 bridgehead atoms. The molecule has 0 saturated heterocycles. The van der Waals surface area contributed by atoms with E-state index in [4.69, 9.17) is 23.2 Å². The largest absolute Gasteiger partial charge is 0.378 e. The minimum Gasteiger partial charge on any atom is -0.378 e. The van der Waals surface area contributed by atoms with Gasteiger partial charge in [-0.15, -0.1) is 0 Å². The molecule has 0 amide bonds. The van der Waals surface area contributed by atoms with E-state index in [1.807, 2.05) is 25.1 Å². The molecule has 1 atom stereocenters. The van der Waals surface area contributed by atoms with Gasteiger partial charge < -0.3 is 5.32 Å². The maximum atomic E-state index is 13.4. The molecule has 100 valence electrons. The summed E-state index contributed by atoms with van der Waals surface area (Å²) in [6, 6.07) is 10.3. The summed E-state index contributed by atoms with van der Waals surface area (Å²) in [5.74, 6) is -0.415. The van der Waals surface area contributed by atoms with Crippen LogP contribution in [-0.4, -0.2) is 0 Å². The fourth-order valence-corrected chi connectivity index (χ4v) is 2.25. The Hall–Kier alpha value is -0.770. The molecule has 5 heteroatoms. The predicted octanol–water partition coefficient (Wildman–Crippen LogP) is 6.07. The van der Waals surface area contributed by atoms with E-state index in [9.17, 15) is 4.39 Å². The van der Waals surface area contributed by atoms with Crippen LogP contribution >= 0.6 is 39.1 Å². The molecule has 0 heterocycles. The van der Waals surface area contributed by atoms with Crippen LogP contribution in [0.15, 0.2) is 40.9 Å². The molecular weight excluding hydrogens is 352 g/mol. The zero-order chi connectivity index (χ0) is 14.0. The summed E-state index contributed by atoms with van der Waals surface area (Å²) < 4.78 is 14.2. The first-order valence-corrected chi connectivity index (χ1v) is 7.19. The average Bonchev–Trinajstić information content (AvgIpc) is 2.37. The summed E-state index contributed by atoms with van der Waals surface area (Å²) >= 11 is 15.0. The van der Waals surface area contributed by atoms with Gasteiger partial charge in [0.15, 0.2) is 0 Å². The Bertz CT molecular complexity index is 604. The first kappa shape index (κ1) is 14.6. The van der Waals surface area contributed by atoms with Crippen LogP contribution in [0, 0.1) is 5.82 Å². The van der Waals surface area contributed by atoms with E-state index in [-0.39, 0.29) is 11.1 Å². The summed E-state index contributed by atoms with van der Waals surface area (Å²) in [4.78, 5) is 0. The van der Waals surface area contributed by atoms with Crippen molar-refractivity contribution < 1.29 is 4.39 Å². The fraction of sp³-hybridized carbons (Fsp3) is 0.143. The molecule has 0 aliphatic rings. The first-order valence-electron chi connectivity index (χ1n) is 5.64. The molecule has 1 nitrogen and oxygen atoms in total. The number of rotatable bonds is 3. The Balaban J connectivity index is 2.17. The standard InChI is InChI=1S/C14H11BrCl2FN/c1-8(9-2-5-12(16)14(18)6-9)19-10-3-4-11(15)13(17)7-10/h2-8,19H,1H3. The summed E-state index contributed by atoms with van der Waals surface area (Å²) in [7, 11) is 0. The number of benzene rings is 2. The van der Waals surface area contributed by atoms with Crippen LogP contribution in [0.5, 0.6) is 0 Å². The molecule has 1 N–H and O–H groups in total. The molecule has 0 aromatic heterocycles. The highest BCUT2D eigenvalue weighted by atomic mass is 79.9. The molecule has 0 aliphatic heterocycles. The minimum atomic E-state index is -0.415. The van der Waals surface area contributed by atoms with Gasteiger partial charge in [0.1, 0.15) is 5.82 Å². The first-order chi connectivity index (χ1) is 8.97. The highest BCUT2D eigenvalue weighted by Crippen LogP contribution is 2.28. The molecule has 0 spiro atoms. The van der Waals surface area contributed by atoms with Crippen LogP contribution < -0.4 is 5.32 Å². The Morgan fingerprint density at radius 3 is 2.47 bits per heavy atom. The third-order valence-electron chi connectivity index (χ3n) is 2.75. The van der Waals surface area contributed by atoms with E-state index in [2.05, 4.69) is 21.2 Å². The van der Waals surface area contributed by atoms with Gasteiger partial charge in [0.05, 0.1) is 10.0 Å². The van der Waals surface area contributed by atoms with Crippen molar-refractivity contribution >= 4 is 44.8 Å². The van der Waals surface area contributed by atoms with E-state index < -0.39 is 5.82 Å². The number of nitrogens with one attached hydrogen (secondary N) is 1. The molecular formula is C14H11BrCl2FN. The monoisotopic (exact) mass is 361 g/mol. The van der Waals surface area contributed by atoms with Crippen LogP contribution in [0.2, 0.25) is 10.0 Å². The van der Waals surface area contributed by atoms with Crippen molar-refractivity contribution in [2.75, 3.05) is 5.32 Å². The van der Waals surface area contributed by atoms with Gasteiger partial charge >= 0.3 is 0 Å². The number of halogens is 4. The van der Waals surface area contributed by atoms with Crippen LogP contribution in [-0.2, 0) is 0 Å². The molecule has 2 rings (SSSR count). The average molecular weight is 363 g/mol. The SMILES string of the molecule is CC(Nc1ccc(Br)c(Cl)c1)c1ccc(Cl)c(F)c1. The van der Waals surface area contributed by atoms with E-state index in [1.54, 1.807) is 12.1 Å². The van der Waals surface area contributed by atoms with Gasteiger partial charge in [-0.3, -0.25) is 0 Å². The van der Waals surface area contributed by atoms with Gasteiger partial charge in [-0.2, -0.15) is 0 Å². The Kier molecular flexibility index (Phi) is 4.71. The third kappa shape index (κ3) is 3.62. The van der Waals surface area contributed by atoms with Crippen molar-refractivity contribution in [2.45, 2.75) is 13.0 Å². The lowest BCUT2D eigenvalue weighted by molar-refractivity contribution is 0.624. The highest BCUT2D eigenvalue weighted by Gasteiger charge is 2.09. The van der Waals surface area contributed by atoms with E-state index in [1.165, 1.54) is 6.07 Å². The number of hydrogen-bond acceptors (Lipinski definition) is 1. The van der Waals surface area contributed by atoms with Crippen LogP contribution in [0.25, 0.3) is 0 Å². The maximum absolute atomic E-state index is 13.4. The third-order valence-corrected chi connectivity index (χ3v) is 4.29. The van der Waals surface area contributed by atoms with Gasteiger partial charge in [0.25, 0.3) is 0 Å². The quantitative estimate of drug-likeness (QED) is 0.698. The van der Waals surface area contributed by atoms with Crippen LogP contribution in [0.1, 0.15) is 18.5 Å². The molecule has 0 saturated carbocycles. The Morgan fingerprint density at radius 2 is 1.84 bits per heavy atom. The van der Waals surface area contributed by atoms with Gasteiger partial charge in [0, 0.05) is 16.2 Å². The lowest BCUT2D eigenvalue weighted by atomic mass is 10.1. The molecule has 2 aromatic rings. The topological polar surface area (TPSA) is 12.0 Å². The number of hydrogen-bond donors (Lipinski definition) is 1. The molecule has 2 aromatic carbocycles. The zero-order valence-corrected chi connectivity index (χ0v) is 13.2. The Labute approximate surface area is 129 Å². The van der Waals surface area contributed by atoms with Crippen molar-refractivity contribution in [3.63, 3.8) is 0 Å². The minimum absolute atomic E-state index is 0.0518. The lowest BCUT2D eigenvalue weighted by Gasteiger charge is -2.16.